The number of halogens is 1. The molecule has 1 amide bonds. The van der Waals surface area contributed by atoms with Crippen LogP contribution in [0.2, 0.25) is 0 Å². The summed E-state index contributed by atoms with van der Waals surface area (Å²) in [6, 6.07) is 7.94. The van der Waals surface area contributed by atoms with Crippen LogP contribution >= 0.6 is 11.6 Å². The summed E-state index contributed by atoms with van der Waals surface area (Å²) in [5, 5.41) is 11.7. The highest BCUT2D eigenvalue weighted by atomic mass is 35.5. The smallest absolute Gasteiger partial charge is 0.429 e. The van der Waals surface area contributed by atoms with E-state index in [9.17, 15) is 4.79 Å². The van der Waals surface area contributed by atoms with Gasteiger partial charge in [0.2, 0.25) is 0 Å². The fourth-order valence-electron chi connectivity index (χ4n) is 4.50. The molecule has 0 unspecified atom stereocenters. The average molecular weight is 392 g/mol. The summed E-state index contributed by atoms with van der Waals surface area (Å²) in [6.45, 7) is 0.595. The molecule has 3 fully saturated rings. The van der Waals surface area contributed by atoms with Gasteiger partial charge in [0.25, 0.3) is 5.91 Å². The number of unbranched alkanes of at least 4 members (excludes halogenated alkanes) is 1. The van der Waals surface area contributed by atoms with Gasteiger partial charge in [-0.3, -0.25) is 4.79 Å². The SMILES string of the molecule is NCCCC[C@H](NC(=O)c1ccc(C23CCC(Cl)(CC2)CC3)cc1)O[B]O. The molecule has 1 radical (unpaired) electrons. The molecule has 0 spiro atoms. The van der Waals surface area contributed by atoms with Crippen molar-refractivity contribution in [2.75, 3.05) is 6.54 Å². The van der Waals surface area contributed by atoms with Gasteiger partial charge in [0.15, 0.2) is 0 Å². The lowest BCUT2D eigenvalue weighted by molar-refractivity contribution is 0.0791. The number of rotatable bonds is 9. The number of carbonyl (C=O) groups is 1. The van der Waals surface area contributed by atoms with Crippen LogP contribution in [-0.2, 0) is 10.1 Å². The van der Waals surface area contributed by atoms with E-state index in [0.717, 1.165) is 51.4 Å². The largest absolute Gasteiger partial charge is 0.486 e. The topological polar surface area (TPSA) is 84.6 Å². The minimum absolute atomic E-state index is 0.0320. The van der Waals surface area contributed by atoms with Gasteiger partial charge in [0.05, 0.1) is 0 Å². The molecule has 0 aromatic heterocycles. The summed E-state index contributed by atoms with van der Waals surface area (Å²) < 4.78 is 5.09. The van der Waals surface area contributed by atoms with E-state index >= 15 is 0 Å². The van der Waals surface area contributed by atoms with Gasteiger partial charge in [-0.1, -0.05) is 12.1 Å². The van der Waals surface area contributed by atoms with Gasteiger partial charge < -0.3 is 20.7 Å². The van der Waals surface area contributed by atoms with Crippen molar-refractivity contribution in [3.63, 3.8) is 0 Å². The Kier molecular flexibility index (Phi) is 6.85. The average Bonchev–Trinajstić information content (AvgIpc) is 2.69. The van der Waals surface area contributed by atoms with E-state index in [1.807, 2.05) is 12.1 Å². The first-order chi connectivity index (χ1) is 13.0. The number of alkyl halides is 1. The molecule has 3 aliphatic rings. The first-order valence-electron chi connectivity index (χ1n) is 9.92. The summed E-state index contributed by atoms with van der Waals surface area (Å²) in [7, 11) is 0.624. The third kappa shape index (κ3) is 4.86. The second-order valence-corrected chi connectivity index (χ2v) is 8.80. The summed E-state index contributed by atoms with van der Waals surface area (Å²) in [6.07, 6.45) is 8.34. The first kappa shape index (κ1) is 20.7. The number of nitrogens with two attached hydrogens (primary N) is 1. The Morgan fingerprint density at radius 2 is 1.81 bits per heavy atom. The van der Waals surface area contributed by atoms with E-state index < -0.39 is 6.23 Å². The molecule has 27 heavy (non-hydrogen) atoms. The van der Waals surface area contributed by atoms with Gasteiger partial charge in [-0.25, -0.2) is 0 Å². The second-order valence-electron chi connectivity index (χ2n) is 8.00. The Hall–Kier alpha value is -1.08. The van der Waals surface area contributed by atoms with Crippen molar-refractivity contribution in [3.05, 3.63) is 35.4 Å². The summed E-state index contributed by atoms with van der Waals surface area (Å²) in [5.41, 5.74) is 7.64. The number of carbonyl (C=O) groups excluding carboxylic acids is 1. The van der Waals surface area contributed by atoms with Crippen LogP contribution in [0.15, 0.2) is 24.3 Å². The number of benzene rings is 1. The van der Waals surface area contributed by atoms with Crippen molar-refractivity contribution in [1.29, 1.82) is 0 Å². The molecule has 4 rings (SSSR count). The van der Waals surface area contributed by atoms with Crippen molar-refractivity contribution >= 4 is 25.2 Å². The van der Waals surface area contributed by atoms with Crippen molar-refractivity contribution in [3.8, 4) is 0 Å². The number of nitrogens with one attached hydrogen (secondary N) is 1. The molecule has 0 aliphatic heterocycles. The molecule has 1 aromatic rings. The quantitative estimate of drug-likeness (QED) is 0.261. The first-order valence-corrected chi connectivity index (χ1v) is 10.3. The van der Waals surface area contributed by atoms with E-state index in [1.54, 1.807) is 0 Å². The normalized spacial score (nSPS) is 28.0. The highest BCUT2D eigenvalue weighted by molar-refractivity contribution is 6.24. The zero-order chi connectivity index (χ0) is 19.3. The molecule has 0 heterocycles. The van der Waals surface area contributed by atoms with Crippen molar-refractivity contribution in [1.82, 2.24) is 5.32 Å². The van der Waals surface area contributed by atoms with Crippen molar-refractivity contribution < 1.29 is 14.5 Å². The molecule has 4 N–H and O–H groups in total. The predicted octanol–water partition coefficient (Wildman–Crippen LogP) is 3.00. The number of hydrogen-bond acceptors (Lipinski definition) is 4. The molecule has 1 aromatic carbocycles. The Morgan fingerprint density at radius 3 is 2.37 bits per heavy atom. The van der Waals surface area contributed by atoms with Gasteiger partial charge in [-0.15, -0.1) is 11.6 Å². The molecule has 5 nitrogen and oxygen atoms in total. The zero-order valence-electron chi connectivity index (χ0n) is 15.8. The van der Waals surface area contributed by atoms with Gasteiger partial charge in [0.1, 0.15) is 6.23 Å². The third-order valence-electron chi connectivity index (χ3n) is 6.35. The maximum absolute atomic E-state index is 12.5. The Bertz CT molecular complexity index is 616. The van der Waals surface area contributed by atoms with Crippen LogP contribution in [0.25, 0.3) is 0 Å². The van der Waals surface area contributed by atoms with E-state index in [4.69, 9.17) is 27.0 Å². The Labute approximate surface area is 167 Å². The van der Waals surface area contributed by atoms with Crippen LogP contribution < -0.4 is 11.1 Å². The van der Waals surface area contributed by atoms with Crippen molar-refractivity contribution in [2.24, 2.45) is 5.73 Å². The fraction of sp³-hybridized carbons (Fsp3) is 0.650. The summed E-state index contributed by atoms with van der Waals surface area (Å²) in [4.78, 5) is 12.6. The van der Waals surface area contributed by atoms with Crippen LogP contribution in [0, 0.1) is 0 Å². The number of amides is 1. The van der Waals surface area contributed by atoms with Crippen LogP contribution in [0.1, 0.15) is 73.7 Å². The van der Waals surface area contributed by atoms with E-state index in [-0.39, 0.29) is 16.2 Å². The number of hydrogen-bond donors (Lipinski definition) is 3. The predicted molar refractivity (Wildman–Crippen MR) is 108 cm³/mol. The highest BCUT2D eigenvalue weighted by Gasteiger charge is 2.48. The zero-order valence-corrected chi connectivity index (χ0v) is 16.5. The van der Waals surface area contributed by atoms with E-state index in [0.29, 0.717) is 26.2 Å². The van der Waals surface area contributed by atoms with Crippen molar-refractivity contribution in [2.45, 2.75) is 74.3 Å². The minimum Gasteiger partial charge on any atom is -0.429 e. The van der Waals surface area contributed by atoms with E-state index in [1.165, 1.54) is 5.56 Å². The lowest BCUT2D eigenvalue weighted by Gasteiger charge is -2.51. The lowest BCUT2D eigenvalue weighted by Crippen LogP contribution is -2.45. The van der Waals surface area contributed by atoms with Gasteiger partial charge in [-0.2, -0.15) is 0 Å². The Balaban J connectivity index is 1.61. The van der Waals surface area contributed by atoms with Crippen LogP contribution in [0.5, 0.6) is 0 Å². The summed E-state index contributed by atoms with van der Waals surface area (Å²) in [5.74, 6) is -0.203. The lowest BCUT2D eigenvalue weighted by atomic mass is 9.57. The molecule has 147 valence electrons. The van der Waals surface area contributed by atoms with Crippen LogP contribution in [-0.4, -0.2) is 36.3 Å². The van der Waals surface area contributed by atoms with Crippen LogP contribution in [0.3, 0.4) is 0 Å². The third-order valence-corrected chi connectivity index (χ3v) is 6.92. The molecular weight excluding hydrogens is 362 g/mol. The maximum atomic E-state index is 12.5. The second kappa shape index (κ2) is 8.95. The molecule has 0 saturated heterocycles. The fourth-order valence-corrected chi connectivity index (χ4v) is 4.78. The molecule has 7 heteroatoms. The monoisotopic (exact) mass is 391 g/mol. The standard InChI is InChI=1S/C20H29BClN2O3/c22-20-11-8-19(9-12-20,10-13-20)16-6-4-15(5-7-16)18(25)24-17(27-21-26)3-1-2-14-23/h4-7,17,26H,1-3,8-14,23H2,(H,24,25)/t17-,19?,20?/m1/s1. The molecular formula is C20H29BClN2O3. The maximum Gasteiger partial charge on any atom is 0.486 e. The molecule has 3 saturated carbocycles. The highest BCUT2D eigenvalue weighted by Crippen LogP contribution is 2.56. The summed E-state index contributed by atoms with van der Waals surface area (Å²) >= 11 is 6.64. The molecule has 3 aliphatic carbocycles. The van der Waals surface area contributed by atoms with Gasteiger partial charge in [-0.05, 0) is 87.4 Å². The minimum atomic E-state index is -0.555. The Morgan fingerprint density at radius 1 is 1.19 bits per heavy atom. The molecule has 1 atom stereocenters. The van der Waals surface area contributed by atoms with Gasteiger partial charge in [0, 0.05) is 10.4 Å². The van der Waals surface area contributed by atoms with Crippen LogP contribution in [0.4, 0.5) is 0 Å². The molecule has 2 bridgehead atoms. The van der Waals surface area contributed by atoms with E-state index in [2.05, 4.69) is 17.4 Å². The number of fused-ring (bicyclic) bond motifs is 3. The van der Waals surface area contributed by atoms with Gasteiger partial charge >= 0.3 is 7.69 Å².